The molecule has 8 heteroatoms. The number of anilines is 1. The summed E-state index contributed by atoms with van der Waals surface area (Å²) in [5.41, 5.74) is 0.370. The van der Waals surface area contributed by atoms with Crippen LogP contribution in [0.25, 0.3) is 0 Å². The molecular formula is C10H10ClNO5S. The van der Waals surface area contributed by atoms with Gasteiger partial charge in [-0.25, -0.2) is 8.42 Å². The number of hydrogen-bond donors (Lipinski definition) is 2. The molecule has 0 unspecified atom stereocenters. The molecule has 0 aliphatic rings. The second kappa shape index (κ2) is 5.83. The molecule has 0 saturated heterocycles. The van der Waals surface area contributed by atoms with E-state index < -0.39 is 20.9 Å². The van der Waals surface area contributed by atoms with Crippen molar-refractivity contribution in [3.8, 4) is 0 Å². The highest BCUT2D eigenvalue weighted by molar-refractivity contribution is 8.13. The van der Waals surface area contributed by atoms with E-state index in [-0.39, 0.29) is 17.7 Å². The van der Waals surface area contributed by atoms with E-state index in [4.69, 9.17) is 15.8 Å². The van der Waals surface area contributed by atoms with Crippen molar-refractivity contribution in [1.82, 2.24) is 0 Å². The molecule has 0 spiro atoms. The fraction of sp³-hybridized carbons (Fsp3) is 0.200. The largest absolute Gasteiger partial charge is 0.481 e. The summed E-state index contributed by atoms with van der Waals surface area (Å²) in [5.74, 6) is -1.52. The molecule has 0 atom stereocenters. The summed E-state index contributed by atoms with van der Waals surface area (Å²) in [6, 6.07) is 5.23. The van der Waals surface area contributed by atoms with Crippen LogP contribution in [0.2, 0.25) is 0 Å². The smallest absolute Gasteiger partial charge is 0.303 e. The van der Waals surface area contributed by atoms with Crippen LogP contribution in [0, 0.1) is 0 Å². The lowest BCUT2D eigenvalue weighted by Crippen LogP contribution is -2.13. The Morgan fingerprint density at radius 2 is 1.72 bits per heavy atom. The minimum absolute atomic E-state index is 0.0762. The van der Waals surface area contributed by atoms with E-state index in [1.54, 1.807) is 0 Å². The number of hydrogen-bond acceptors (Lipinski definition) is 4. The lowest BCUT2D eigenvalue weighted by molar-refractivity contribution is -0.138. The van der Waals surface area contributed by atoms with Crippen molar-refractivity contribution in [1.29, 1.82) is 0 Å². The number of amides is 1. The van der Waals surface area contributed by atoms with Crippen LogP contribution in [0.4, 0.5) is 5.69 Å². The van der Waals surface area contributed by atoms with Gasteiger partial charge >= 0.3 is 5.97 Å². The molecule has 0 bridgehead atoms. The zero-order valence-corrected chi connectivity index (χ0v) is 10.7. The SMILES string of the molecule is O=C(O)CCC(=O)Nc1ccc(S(=O)(=O)Cl)cc1. The van der Waals surface area contributed by atoms with E-state index in [1.165, 1.54) is 24.3 Å². The van der Waals surface area contributed by atoms with Gasteiger partial charge in [-0.05, 0) is 24.3 Å². The van der Waals surface area contributed by atoms with Crippen LogP contribution in [-0.2, 0) is 18.6 Å². The molecule has 98 valence electrons. The maximum atomic E-state index is 11.3. The molecule has 0 aromatic heterocycles. The average Bonchev–Trinajstić information content (AvgIpc) is 2.26. The zero-order valence-electron chi connectivity index (χ0n) is 9.09. The molecule has 0 fully saturated rings. The van der Waals surface area contributed by atoms with Gasteiger partial charge in [-0.3, -0.25) is 9.59 Å². The van der Waals surface area contributed by atoms with Crippen LogP contribution in [0.3, 0.4) is 0 Å². The summed E-state index contributed by atoms with van der Waals surface area (Å²) >= 11 is 0. The van der Waals surface area contributed by atoms with E-state index in [9.17, 15) is 18.0 Å². The van der Waals surface area contributed by atoms with E-state index in [2.05, 4.69) is 5.32 Å². The van der Waals surface area contributed by atoms with Crippen LogP contribution < -0.4 is 5.32 Å². The maximum absolute atomic E-state index is 11.3. The summed E-state index contributed by atoms with van der Waals surface area (Å²) in [4.78, 5) is 21.5. The van der Waals surface area contributed by atoms with Gasteiger partial charge in [0, 0.05) is 22.8 Å². The van der Waals surface area contributed by atoms with E-state index in [0.717, 1.165) is 0 Å². The normalized spacial score (nSPS) is 10.9. The van der Waals surface area contributed by atoms with Gasteiger partial charge in [-0.15, -0.1) is 0 Å². The fourth-order valence-corrected chi connectivity index (χ4v) is 1.91. The molecule has 0 heterocycles. The monoisotopic (exact) mass is 291 g/mol. The van der Waals surface area contributed by atoms with Crippen LogP contribution >= 0.6 is 10.7 Å². The average molecular weight is 292 g/mol. The van der Waals surface area contributed by atoms with Gasteiger partial charge in [0.2, 0.25) is 5.91 Å². The van der Waals surface area contributed by atoms with Crippen LogP contribution in [0.5, 0.6) is 0 Å². The van der Waals surface area contributed by atoms with Crippen LogP contribution in [0.15, 0.2) is 29.2 Å². The third-order valence-corrected chi connectivity index (χ3v) is 3.36. The Labute approximate surface area is 108 Å². The minimum atomic E-state index is -3.79. The number of aliphatic carboxylic acids is 1. The molecule has 6 nitrogen and oxygen atoms in total. The van der Waals surface area contributed by atoms with E-state index in [1.807, 2.05) is 0 Å². The number of nitrogens with one attached hydrogen (secondary N) is 1. The fourth-order valence-electron chi connectivity index (χ4n) is 1.14. The van der Waals surface area contributed by atoms with Gasteiger partial charge in [0.1, 0.15) is 0 Å². The molecule has 0 saturated carbocycles. The molecule has 0 aliphatic carbocycles. The lowest BCUT2D eigenvalue weighted by atomic mass is 10.2. The molecule has 1 aromatic rings. The number of carbonyl (C=O) groups excluding carboxylic acids is 1. The van der Waals surface area contributed by atoms with Crippen molar-refractivity contribution in [2.45, 2.75) is 17.7 Å². The van der Waals surface area contributed by atoms with Crippen molar-refractivity contribution in [3.63, 3.8) is 0 Å². The number of carboxylic acid groups (broad SMARTS) is 1. The van der Waals surface area contributed by atoms with Crippen molar-refractivity contribution >= 4 is 37.3 Å². The summed E-state index contributed by atoms with van der Waals surface area (Å²) in [6.07, 6.45) is -0.412. The summed E-state index contributed by atoms with van der Waals surface area (Å²) in [7, 11) is 1.33. The number of halogens is 1. The second-order valence-corrected chi connectivity index (χ2v) is 5.97. The predicted octanol–water partition coefficient (Wildman–Crippen LogP) is 1.42. The number of benzene rings is 1. The second-order valence-electron chi connectivity index (χ2n) is 3.40. The van der Waals surface area contributed by atoms with E-state index in [0.29, 0.717) is 5.69 Å². The molecule has 0 aliphatic heterocycles. The number of rotatable bonds is 5. The third-order valence-electron chi connectivity index (χ3n) is 1.99. The maximum Gasteiger partial charge on any atom is 0.303 e. The number of carbonyl (C=O) groups is 2. The van der Waals surface area contributed by atoms with Crippen molar-refractivity contribution < 1.29 is 23.1 Å². The van der Waals surface area contributed by atoms with Gasteiger partial charge in [-0.2, -0.15) is 0 Å². The first-order valence-corrected chi connectivity index (χ1v) is 7.16. The molecule has 1 rings (SSSR count). The Kier molecular flexibility index (Phi) is 4.69. The predicted molar refractivity (Wildman–Crippen MR) is 65.0 cm³/mol. The summed E-state index contributed by atoms with van der Waals surface area (Å²) in [6.45, 7) is 0. The minimum Gasteiger partial charge on any atom is -0.481 e. The van der Waals surface area contributed by atoms with Crippen molar-refractivity contribution in [2.24, 2.45) is 0 Å². The first-order valence-electron chi connectivity index (χ1n) is 4.85. The first-order chi connectivity index (χ1) is 8.29. The summed E-state index contributed by atoms with van der Waals surface area (Å²) < 4.78 is 21.9. The quantitative estimate of drug-likeness (QED) is 0.799. The first kappa shape index (κ1) is 14.5. The van der Waals surface area contributed by atoms with Gasteiger partial charge in [0.25, 0.3) is 9.05 Å². The van der Waals surface area contributed by atoms with Crippen molar-refractivity contribution in [2.75, 3.05) is 5.32 Å². The highest BCUT2D eigenvalue weighted by atomic mass is 35.7. The molecule has 18 heavy (non-hydrogen) atoms. The zero-order chi connectivity index (χ0) is 13.8. The van der Waals surface area contributed by atoms with Gasteiger partial charge in [0.05, 0.1) is 11.3 Å². The molecule has 2 N–H and O–H groups in total. The highest BCUT2D eigenvalue weighted by Crippen LogP contribution is 2.17. The van der Waals surface area contributed by atoms with Gasteiger partial charge < -0.3 is 10.4 Å². The van der Waals surface area contributed by atoms with Crippen molar-refractivity contribution in [3.05, 3.63) is 24.3 Å². The topological polar surface area (TPSA) is 101 Å². The highest BCUT2D eigenvalue weighted by Gasteiger charge is 2.10. The lowest BCUT2D eigenvalue weighted by Gasteiger charge is -2.04. The van der Waals surface area contributed by atoms with Crippen LogP contribution in [0.1, 0.15) is 12.8 Å². The molecular weight excluding hydrogens is 282 g/mol. The third kappa shape index (κ3) is 4.72. The van der Waals surface area contributed by atoms with Crippen LogP contribution in [-0.4, -0.2) is 25.4 Å². The van der Waals surface area contributed by atoms with Gasteiger partial charge in [-0.1, -0.05) is 0 Å². The molecule has 1 aromatic carbocycles. The Morgan fingerprint density at radius 3 is 2.17 bits per heavy atom. The number of carboxylic acids is 1. The molecule has 1 amide bonds. The van der Waals surface area contributed by atoms with Gasteiger partial charge in [0.15, 0.2) is 0 Å². The standard InChI is InChI=1S/C10H10ClNO5S/c11-18(16,17)8-3-1-7(2-4-8)12-9(13)5-6-10(14)15/h1-4H,5-6H2,(H,12,13)(H,14,15). The van der Waals surface area contributed by atoms with E-state index >= 15 is 0 Å². The summed E-state index contributed by atoms with van der Waals surface area (Å²) in [5, 5.41) is 10.8. The Balaban J connectivity index is 2.64. The Hall–Kier alpha value is -1.60. The Morgan fingerprint density at radius 1 is 1.17 bits per heavy atom. The molecule has 0 radical (unpaired) electrons. The Bertz CT molecular complexity index is 552.